The Kier molecular flexibility index (Phi) is 7.69. The summed E-state index contributed by atoms with van der Waals surface area (Å²) < 4.78 is 38.1. The monoisotopic (exact) mass is 480 g/mol. The van der Waals surface area contributed by atoms with Gasteiger partial charge in [0.05, 0.1) is 36.2 Å². The van der Waals surface area contributed by atoms with Crippen LogP contribution < -0.4 is 9.47 Å². The number of carbonyl (C=O) groups excluding carboxylic acids is 1. The second-order valence-electron chi connectivity index (χ2n) is 7.57. The molecule has 2 aromatic rings. The van der Waals surface area contributed by atoms with Gasteiger partial charge < -0.3 is 14.4 Å². The minimum absolute atomic E-state index is 0.0589. The molecule has 2 aromatic carbocycles. The minimum Gasteiger partial charge on any atom is -0.497 e. The van der Waals surface area contributed by atoms with E-state index in [0.29, 0.717) is 31.1 Å². The van der Waals surface area contributed by atoms with Crippen molar-refractivity contribution in [3.8, 4) is 11.5 Å². The van der Waals surface area contributed by atoms with Crippen molar-refractivity contribution in [1.29, 1.82) is 0 Å². The molecular formula is C23H29ClN2O5S. The van der Waals surface area contributed by atoms with Crippen LogP contribution in [-0.2, 0) is 16.6 Å². The number of nitrogens with zero attached hydrogens (tertiary/aromatic N) is 2. The first-order valence-corrected chi connectivity index (χ1v) is 12.4. The van der Waals surface area contributed by atoms with Gasteiger partial charge in [-0.25, -0.2) is 8.42 Å². The smallest absolute Gasteiger partial charge is 0.255 e. The topological polar surface area (TPSA) is 76.2 Å². The van der Waals surface area contributed by atoms with E-state index in [-0.39, 0.29) is 27.4 Å². The Hall–Kier alpha value is -2.29. The van der Waals surface area contributed by atoms with E-state index in [4.69, 9.17) is 21.1 Å². The van der Waals surface area contributed by atoms with E-state index in [1.807, 2.05) is 6.07 Å². The summed E-state index contributed by atoms with van der Waals surface area (Å²) in [4.78, 5) is 15.3. The molecule has 0 bridgehead atoms. The standard InChI is InChI=1S/C23H29ClN2O5S/c1-5-25(6-2)32(28,29)19-10-11-21(24)20(14-19)23(27)26(17-7-8-17)15-16-13-18(30-3)9-12-22(16)31-4/h9-14,17H,5-8,15H2,1-4H3. The van der Waals surface area contributed by atoms with Gasteiger partial charge in [-0.05, 0) is 49.2 Å². The number of halogens is 1. The highest BCUT2D eigenvalue weighted by atomic mass is 35.5. The first-order chi connectivity index (χ1) is 15.3. The molecule has 1 aliphatic carbocycles. The van der Waals surface area contributed by atoms with Crippen molar-refractivity contribution < 1.29 is 22.7 Å². The van der Waals surface area contributed by atoms with Gasteiger partial charge in [0.2, 0.25) is 10.0 Å². The van der Waals surface area contributed by atoms with E-state index in [1.165, 1.54) is 22.5 Å². The number of ether oxygens (including phenoxy) is 2. The zero-order valence-corrected chi connectivity index (χ0v) is 20.4. The van der Waals surface area contributed by atoms with Crippen molar-refractivity contribution in [1.82, 2.24) is 9.21 Å². The molecule has 0 atom stereocenters. The van der Waals surface area contributed by atoms with Crippen molar-refractivity contribution >= 4 is 27.5 Å². The summed E-state index contributed by atoms with van der Waals surface area (Å²) in [6.45, 7) is 4.54. The Balaban J connectivity index is 1.98. The van der Waals surface area contributed by atoms with E-state index in [9.17, 15) is 13.2 Å². The number of methoxy groups -OCH3 is 2. The van der Waals surface area contributed by atoms with Crippen LogP contribution in [0.3, 0.4) is 0 Å². The summed E-state index contributed by atoms with van der Waals surface area (Å²) in [5, 5.41) is 0.219. The van der Waals surface area contributed by atoms with Gasteiger partial charge in [-0.15, -0.1) is 0 Å². The third-order valence-electron chi connectivity index (χ3n) is 5.59. The van der Waals surface area contributed by atoms with Gasteiger partial charge in [-0.2, -0.15) is 4.31 Å². The van der Waals surface area contributed by atoms with Crippen molar-refractivity contribution in [3.63, 3.8) is 0 Å². The van der Waals surface area contributed by atoms with Crippen LogP contribution in [0.2, 0.25) is 5.02 Å². The van der Waals surface area contributed by atoms with Crippen LogP contribution in [0.15, 0.2) is 41.3 Å². The number of hydrogen-bond acceptors (Lipinski definition) is 5. The van der Waals surface area contributed by atoms with E-state index in [1.54, 1.807) is 45.1 Å². The molecule has 0 spiro atoms. The molecule has 1 aliphatic rings. The zero-order chi connectivity index (χ0) is 23.5. The molecule has 0 unspecified atom stereocenters. The van der Waals surface area contributed by atoms with Crippen LogP contribution in [0.5, 0.6) is 11.5 Å². The largest absolute Gasteiger partial charge is 0.497 e. The molecule has 0 radical (unpaired) electrons. The maximum absolute atomic E-state index is 13.6. The van der Waals surface area contributed by atoms with Gasteiger partial charge in [0.25, 0.3) is 5.91 Å². The molecule has 0 N–H and O–H groups in total. The van der Waals surface area contributed by atoms with Crippen LogP contribution >= 0.6 is 11.6 Å². The van der Waals surface area contributed by atoms with Crippen LogP contribution in [0.4, 0.5) is 0 Å². The molecule has 1 saturated carbocycles. The fourth-order valence-electron chi connectivity index (χ4n) is 3.64. The Labute approximate surface area is 194 Å². The van der Waals surface area contributed by atoms with Crippen molar-refractivity contribution in [2.75, 3.05) is 27.3 Å². The molecule has 1 amide bonds. The summed E-state index contributed by atoms with van der Waals surface area (Å²) in [7, 11) is -0.559. The van der Waals surface area contributed by atoms with E-state index in [2.05, 4.69) is 0 Å². The lowest BCUT2D eigenvalue weighted by molar-refractivity contribution is 0.0728. The van der Waals surface area contributed by atoms with Gasteiger partial charge in [0.15, 0.2) is 0 Å². The number of rotatable bonds is 10. The van der Waals surface area contributed by atoms with Gasteiger partial charge in [-0.1, -0.05) is 25.4 Å². The maximum atomic E-state index is 13.6. The fourth-order valence-corrected chi connectivity index (χ4v) is 5.32. The van der Waals surface area contributed by atoms with Crippen LogP contribution in [0.1, 0.15) is 42.6 Å². The Morgan fingerprint density at radius 3 is 2.31 bits per heavy atom. The Morgan fingerprint density at radius 2 is 1.75 bits per heavy atom. The minimum atomic E-state index is -3.72. The predicted octanol–water partition coefficient (Wildman–Crippen LogP) is 4.19. The molecule has 0 aliphatic heterocycles. The van der Waals surface area contributed by atoms with Crippen LogP contribution in [0, 0.1) is 0 Å². The lowest BCUT2D eigenvalue weighted by atomic mass is 10.1. The first kappa shape index (κ1) is 24.4. The highest BCUT2D eigenvalue weighted by molar-refractivity contribution is 7.89. The number of hydrogen-bond donors (Lipinski definition) is 0. The molecular weight excluding hydrogens is 452 g/mol. The first-order valence-electron chi connectivity index (χ1n) is 10.6. The molecule has 7 nitrogen and oxygen atoms in total. The highest BCUT2D eigenvalue weighted by Gasteiger charge is 2.35. The summed E-state index contributed by atoms with van der Waals surface area (Å²) >= 11 is 6.37. The van der Waals surface area contributed by atoms with Crippen molar-refractivity contribution in [3.05, 3.63) is 52.5 Å². The number of sulfonamides is 1. The Bertz CT molecular complexity index is 1080. The molecule has 0 heterocycles. The lowest BCUT2D eigenvalue weighted by Gasteiger charge is -2.25. The number of carbonyl (C=O) groups is 1. The summed E-state index contributed by atoms with van der Waals surface area (Å²) in [5.41, 5.74) is 0.976. The molecule has 9 heteroatoms. The maximum Gasteiger partial charge on any atom is 0.255 e. The fraction of sp³-hybridized carbons (Fsp3) is 0.435. The van der Waals surface area contributed by atoms with Crippen LogP contribution in [-0.4, -0.2) is 56.9 Å². The third-order valence-corrected chi connectivity index (χ3v) is 7.96. The molecule has 32 heavy (non-hydrogen) atoms. The summed E-state index contributed by atoms with van der Waals surface area (Å²) in [6, 6.07) is 9.80. The molecule has 174 valence electrons. The highest BCUT2D eigenvalue weighted by Crippen LogP contribution is 2.34. The second kappa shape index (κ2) is 10.1. The van der Waals surface area contributed by atoms with Gasteiger partial charge >= 0.3 is 0 Å². The van der Waals surface area contributed by atoms with Gasteiger partial charge in [0.1, 0.15) is 11.5 Å². The van der Waals surface area contributed by atoms with Crippen molar-refractivity contribution in [2.45, 2.75) is 44.2 Å². The predicted molar refractivity (Wildman–Crippen MR) is 124 cm³/mol. The Morgan fingerprint density at radius 1 is 1.06 bits per heavy atom. The quantitative estimate of drug-likeness (QED) is 0.509. The SMILES string of the molecule is CCN(CC)S(=O)(=O)c1ccc(Cl)c(C(=O)N(Cc2cc(OC)ccc2OC)C2CC2)c1. The normalized spacial score (nSPS) is 13.8. The van der Waals surface area contributed by atoms with Gasteiger partial charge in [0, 0.05) is 24.7 Å². The zero-order valence-electron chi connectivity index (χ0n) is 18.8. The molecule has 0 saturated heterocycles. The molecule has 1 fully saturated rings. The second-order valence-corrected chi connectivity index (χ2v) is 9.92. The lowest BCUT2D eigenvalue weighted by Crippen LogP contribution is -2.34. The average molecular weight is 481 g/mol. The number of amides is 1. The third kappa shape index (κ3) is 5.03. The summed E-state index contributed by atoms with van der Waals surface area (Å²) in [5.74, 6) is 1.00. The summed E-state index contributed by atoms with van der Waals surface area (Å²) in [6.07, 6.45) is 1.76. The molecule has 3 rings (SSSR count). The molecule has 0 aromatic heterocycles. The van der Waals surface area contributed by atoms with E-state index >= 15 is 0 Å². The number of benzene rings is 2. The van der Waals surface area contributed by atoms with Gasteiger partial charge in [-0.3, -0.25) is 4.79 Å². The van der Waals surface area contributed by atoms with Crippen molar-refractivity contribution in [2.24, 2.45) is 0 Å². The average Bonchev–Trinajstić information content (AvgIpc) is 3.63. The van der Waals surface area contributed by atoms with E-state index in [0.717, 1.165) is 18.4 Å². The van der Waals surface area contributed by atoms with E-state index < -0.39 is 10.0 Å². The van der Waals surface area contributed by atoms with Crippen LogP contribution in [0.25, 0.3) is 0 Å².